The summed E-state index contributed by atoms with van der Waals surface area (Å²) in [4.78, 5) is 29.3. The van der Waals surface area contributed by atoms with E-state index in [0.717, 1.165) is 31.2 Å². The third-order valence-electron chi connectivity index (χ3n) is 7.28. The smallest absolute Gasteiger partial charge is 0.273 e. The molecule has 9 nitrogen and oxygen atoms in total. The van der Waals surface area contributed by atoms with Crippen molar-refractivity contribution in [1.82, 2.24) is 20.0 Å². The lowest BCUT2D eigenvalue weighted by Crippen LogP contribution is -2.64. The lowest BCUT2D eigenvalue weighted by Gasteiger charge is -2.44. The standard InChI is InChI=1S/C26H28N4O5/c1-26(25(32)27-18-6-3-2-4-7-18)15-30-20(13-19(28-30)21-8-5-11-33-21)24(31)29(26)14-17-9-10-22-23(12-17)35-16-34-22/h5,8-13,18H,2-4,6-7,14-16H2,1H3,(H,27,32). The molecule has 0 radical (unpaired) electrons. The van der Waals surface area contributed by atoms with Crippen LogP contribution in [0.5, 0.6) is 11.5 Å². The van der Waals surface area contributed by atoms with Crippen LogP contribution in [0, 0.1) is 0 Å². The van der Waals surface area contributed by atoms with E-state index >= 15 is 0 Å². The van der Waals surface area contributed by atoms with E-state index in [1.165, 1.54) is 6.42 Å². The van der Waals surface area contributed by atoms with Gasteiger partial charge in [-0.1, -0.05) is 25.3 Å². The fourth-order valence-corrected chi connectivity index (χ4v) is 5.24. The number of nitrogens with one attached hydrogen (secondary N) is 1. The van der Waals surface area contributed by atoms with E-state index < -0.39 is 5.54 Å². The Bertz CT molecular complexity index is 1260. The van der Waals surface area contributed by atoms with Crippen molar-refractivity contribution in [3.05, 3.63) is 53.9 Å². The highest BCUT2D eigenvalue weighted by Gasteiger charge is 2.48. The Morgan fingerprint density at radius 1 is 1.14 bits per heavy atom. The molecule has 3 aliphatic rings. The summed E-state index contributed by atoms with van der Waals surface area (Å²) >= 11 is 0. The molecule has 1 atom stereocenters. The van der Waals surface area contributed by atoms with E-state index in [1.807, 2.05) is 25.1 Å². The van der Waals surface area contributed by atoms with Crippen LogP contribution in [0.3, 0.4) is 0 Å². The zero-order valence-corrected chi connectivity index (χ0v) is 19.7. The minimum atomic E-state index is -1.12. The molecule has 1 saturated carbocycles. The maximum Gasteiger partial charge on any atom is 0.273 e. The quantitative estimate of drug-likeness (QED) is 0.603. The number of carbonyl (C=O) groups is 2. The summed E-state index contributed by atoms with van der Waals surface area (Å²) in [7, 11) is 0. The molecule has 9 heteroatoms. The van der Waals surface area contributed by atoms with Crippen molar-refractivity contribution in [2.45, 2.75) is 63.7 Å². The second-order valence-corrected chi connectivity index (χ2v) is 9.71. The first-order chi connectivity index (χ1) is 17.0. The highest BCUT2D eigenvalue weighted by molar-refractivity contribution is 6.00. The molecule has 2 amide bonds. The number of fused-ring (bicyclic) bond motifs is 2. The van der Waals surface area contributed by atoms with E-state index in [1.54, 1.807) is 34.0 Å². The molecule has 2 aromatic heterocycles. The Morgan fingerprint density at radius 2 is 1.97 bits per heavy atom. The molecular formula is C26H28N4O5. The number of rotatable bonds is 5. The molecule has 4 heterocycles. The third kappa shape index (κ3) is 3.84. The highest BCUT2D eigenvalue weighted by atomic mass is 16.7. The zero-order valence-electron chi connectivity index (χ0n) is 19.7. The van der Waals surface area contributed by atoms with Gasteiger partial charge in [-0.3, -0.25) is 14.3 Å². The fourth-order valence-electron chi connectivity index (χ4n) is 5.24. The highest BCUT2D eigenvalue weighted by Crippen LogP contribution is 2.36. The predicted molar refractivity (Wildman–Crippen MR) is 126 cm³/mol. The van der Waals surface area contributed by atoms with Gasteiger partial charge in [0.25, 0.3) is 5.91 Å². The summed E-state index contributed by atoms with van der Waals surface area (Å²) in [5, 5.41) is 7.85. The second-order valence-electron chi connectivity index (χ2n) is 9.71. The van der Waals surface area contributed by atoms with Crippen LogP contribution in [-0.4, -0.2) is 44.9 Å². The Labute approximate surface area is 203 Å². The number of hydrogen-bond acceptors (Lipinski definition) is 6. The molecule has 3 aromatic rings. The van der Waals surface area contributed by atoms with E-state index in [2.05, 4.69) is 10.4 Å². The minimum Gasteiger partial charge on any atom is -0.463 e. The monoisotopic (exact) mass is 476 g/mol. The SMILES string of the molecule is CC1(C(=O)NC2CCCCC2)Cn2nc(-c3ccco3)cc2C(=O)N1Cc1ccc2c(c1)OCO2. The molecule has 182 valence electrons. The number of hydrogen-bond donors (Lipinski definition) is 1. The Balaban J connectivity index is 1.35. The van der Waals surface area contributed by atoms with Crippen LogP contribution in [0.4, 0.5) is 0 Å². The Hall–Kier alpha value is -3.75. The van der Waals surface area contributed by atoms with Crippen molar-refractivity contribution < 1.29 is 23.5 Å². The van der Waals surface area contributed by atoms with Crippen LogP contribution in [0.15, 0.2) is 47.1 Å². The van der Waals surface area contributed by atoms with Crippen LogP contribution in [0.2, 0.25) is 0 Å². The summed E-state index contributed by atoms with van der Waals surface area (Å²) in [6, 6.07) is 11.1. The summed E-state index contributed by atoms with van der Waals surface area (Å²) in [5.74, 6) is 1.50. The molecule has 1 aliphatic carbocycles. The van der Waals surface area contributed by atoms with Crippen molar-refractivity contribution in [3.8, 4) is 23.0 Å². The van der Waals surface area contributed by atoms with E-state index in [9.17, 15) is 9.59 Å². The van der Waals surface area contributed by atoms with Gasteiger partial charge >= 0.3 is 0 Å². The molecule has 2 aliphatic heterocycles. The molecule has 35 heavy (non-hydrogen) atoms. The molecule has 1 N–H and O–H groups in total. The van der Waals surface area contributed by atoms with Crippen LogP contribution in [-0.2, 0) is 17.9 Å². The fraction of sp³-hybridized carbons (Fsp3) is 0.423. The van der Waals surface area contributed by atoms with Gasteiger partial charge in [-0.2, -0.15) is 5.10 Å². The second kappa shape index (κ2) is 8.48. The van der Waals surface area contributed by atoms with Crippen LogP contribution >= 0.6 is 0 Å². The number of furan rings is 1. The van der Waals surface area contributed by atoms with Gasteiger partial charge in [0.1, 0.15) is 16.9 Å². The van der Waals surface area contributed by atoms with Crippen LogP contribution in [0.25, 0.3) is 11.5 Å². The largest absolute Gasteiger partial charge is 0.463 e. The first-order valence-electron chi connectivity index (χ1n) is 12.1. The number of ether oxygens (including phenoxy) is 2. The van der Waals surface area contributed by atoms with Crippen LogP contribution < -0.4 is 14.8 Å². The maximum absolute atomic E-state index is 13.8. The Kier molecular flexibility index (Phi) is 5.27. The molecule has 0 saturated heterocycles. The van der Waals surface area contributed by atoms with Crippen molar-refractivity contribution in [2.75, 3.05) is 6.79 Å². The number of aromatic nitrogens is 2. The van der Waals surface area contributed by atoms with Gasteiger partial charge in [-0.15, -0.1) is 0 Å². The molecule has 1 aromatic carbocycles. The van der Waals surface area contributed by atoms with Gasteiger partial charge in [0.05, 0.1) is 12.8 Å². The lowest BCUT2D eigenvalue weighted by atomic mass is 9.91. The average molecular weight is 477 g/mol. The van der Waals surface area contributed by atoms with Gasteiger partial charge in [-0.25, -0.2) is 0 Å². The van der Waals surface area contributed by atoms with Crippen molar-refractivity contribution in [1.29, 1.82) is 0 Å². The van der Waals surface area contributed by atoms with E-state index in [4.69, 9.17) is 13.9 Å². The van der Waals surface area contributed by atoms with Gasteiger partial charge in [0.2, 0.25) is 12.7 Å². The summed E-state index contributed by atoms with van der Waals surface area (Å²) in [6.45, 7) is 2.51. The van der Waals surface area contributed by atoms with Crippen LogP contribution in [0.1, 0.15) is 55.1 Å². The normalized spacial score (nSPS) is 21.7. The molecule has 1 unspecified atom stereocenters. The van der Waals surface area contributed by atoms with E-state index in [0.29, 0.717) is 28.6 Å². The summed E-state index contributed by atoms with van der Waals surface area (Å²) in [6.07, 6.45) is 6.92. The molecule has 0 bridgehead atoms. The maximum atomic E-state index is 13.8. The molecule has 1 fully saturated rings. The molecule has 6 rings (SSSR count). The summed E-state index contributed by atoms with van der Waals surface area (Å²) in [5.41, 5.74) is 0.738. The number of carbonyl (C=O) groups excluding carboxylic acids is 2. The minimum absolute atomic E-state index is 0.133. The topological polar surface area (TPSA) is 98.8 Å². The van der Waals surface area contributed by atoms with E-state index in [-0.39, 0.29) is 37.7 Å². The van der Waals surface area contributed by atoms with Crippen molar-refractivity contribution in [3.63, 3.8) is 0 Å². The first-order valence-corrected chi connectivity index (χ1v) is 12.1. The average Bonchev–Trinajstić information content (AvgIpc) is 3.62. The van der Waals surface area contributed by atoms with Gasteiger partial charge in [0.15, 0.2) is 17.3 Å². The number of amides is 2. The third-order valence-corrected chi connectivity index (χ3v) is 7.28. The lowest BCUT2D eigenvalue weighted by molar-refractivity contribution is -0.134. The number of nitrogens with zero attached hydrogens (tertiary/aromatic N) is 3. The van der Waals surface area contributed by atoms with Gasteiger partial charge in [-0.05, 0) is 49.6 Å². The Morgan fingerprint density at radius 3 is 2.77 bits per heavy atom. The van der Waals surface area contributed by atoms with Gasteiger partial charge in [0, 0.05) is 18.7 Å². The predicted octanol–water partition coefficient (Wildman–Crippen LogP) is 3.74. The van der Waals surface area contributed by atoms with Crippen molar-refractivity contribution in [2.24, 2.45) is 0 Å². The van der Waals surface area contributed by atoms with Gasteiger partial charge < -0.3 is 24.1 Å². The zero-order chi connectivity index (χ0) is 24.0. The first kappa shape index (κ1) is 21.8. The van der Waals surface area contributed by atoms with Crippen molar-refractivity contribution >= 4 is 11.8 Å². The summed E-state index contributed by atoms with van der Waals surface area (Å²) < 4.78 is 18.1. The molecule has 0 spiro atoms. The number of benzene rings is 1. The molecular weight excluding hydrogens is 448 g/mol.